The van der Waals surface area contributed by atoms with Crippen LogP contribution in [0.2, 0.25) is 0 Å². The Hall–Kier alpha value is -0.570. The van der Waals surface area contributed by atoms with Crippen LogP contribution in [0, 0.1) is 23.2 Å². The second kappa shape index (κ2) is 1.69. The van der Waals surface area contributed by atoms with Gasteiger partial charge in [-0.1, -0.05) is 0 Å². The zero-order valence-electron chi connectivity index (χ0n) is 6.86. The second-order valence-corrected chi connectivity index (χ2v) is 4.55. The van der Waals surface area contributed by atoms with Crippen molar-refractivity contribution in [3.8, 4) is 0 Å². The molecule has 1 unspecified atom stereocenters. The Labute approximate surface area is 70.9 Å². The summed E-state index contributed by atoms with van der Waals surface area (Å²) in [5.41, 5.74) is 5.43. The van der Waals surface area contributed by atoms with E-state index >= 15 is 0 Å². The molecule has 3 aliphatic rings. The van der Waals surface area contributed by atoms with E-state index in [1.54, 1.807) is 0 Å². The second-order valence-electron chi connectivity index (χ2n) is 4.55. The summed E-state index contributed by atoms with van der Waals surface area (Å²) in [5, 5.41) is 9.13. The molecule has 0 aromatic rings. The maximum atomic E-state index is 11.1. The minimum atomic E-state index is -0.632. The molecule has 3 saturated carbocycles. The molecule has 3 heteroatoms. The van der Waals surface area contributed by atoms with Crippen molar-refractivity contribution in [2.75, 3.05) is 0 Å². The van der Waals surface area contributed by atoms with Gasteiger partial charge in [0.05, 0.1) is 5.41 Å². The van der Waals surface area contributed by atoms with E-state index in [0.29, 0.717) is 17.8 Å². The Morgan fingerprint density at radius 1 is 1.50 bits per heavy atom. The summed E-state index contributed by atoms with van der Waals surface area (Å²) in [4.78, 5) is 11.1. The van der Waals surface area contributed by atoms with Gasteiger partial charge in [-0.3, -0.25) is 4.79 Å². The fraction of sp³-hybridized carbons (Fsp3) is 0.889. The Bertz CT molecular complexity index is 261. The number of hydrogen-bond donors (Lipinski definition) is 2. The van der Waals surface area contributed by atoms with Crippen molar-refractivity contribution in [2.45, 2.75) is 25.3 Å². The standard InChI is InChI=1S/C9H13NO2/c10-6-3-4-1-2-5-7(4)9(5,6)8(11)12/h4-7H,1-3,10H2,(H,11,12)/t4-,5+,6-,7?,9+/m1/s1. The van der Waals surface area contributed by atoms with Gasteiger partial charge in [-0.15, -0.1) is 0 Å². The molecule has 0 aromatic carbocycles. The van der Waals surface area contributed by atoms with Gasteiger partial charge in [-0.05, 0) is 37.0 Å². The third kappa shape index (κ3) is 0.454. The monoisotopic (exact) mass is 167 g/mol. The summed E-state index contributed by atoms with van der Waals surface area (Å²) in [6.45, 7) is 0. The number of carboxylic acid groups (broad SMARTS) is 1. The Kier molecular flexibility index (Phi) is 0.971. The van der Waals surface area contributed by atoms with E-state index in [0.717, 1.165) is 12.8 Å². The van der Waals surface area contributed by atoms with Crippen LogP contribution in [-0.2, 0) is 4.79 Å². The van der Waals surface area contributed by atoms with Crippen molar-refractivity contribution >= 4 is 5.97 Å². The molecular formula is C9H13NO2. The lowest BCUT2D eigenvalue weighted by molar-refractivity contribution is -0.145. The van der Waals surface area contributed by atoms with Crippen LogP contribution in [0.5, 0.6) is 0 Å². The zero-order chi connectivity index (χ0) is 8.51. The van der Waals surface area contributed by atoms with E-state index in [1.165, 1.54) is 6.42 Å². The number of aliphatic carboxylic acids is 1. The number of rotatable bonds is 1. The maximum Gasteiger partial charge on any atom is 0.311 e. The predicted molar refractivity (Wildman–Crippen MR) is 42.4 cm³/mol. The normalized spacial score (nSPS) is 60.1. The van der Waals surface area contributed by atoms with Crippen LogP contribution in [0.1, 0.15) is 19.3 Å². The minimum absolute atomic E-state index is 0.0579. The fourth-order valence-electron chi connectivity index (χ4n) is 3.99. The van der Waals surface area contributed by atoms with E-state index in [1.807, 2.05) is 0 Å². The van der Waals surface area contributed by atoms with Crippen LogP contribution in [0.15, 0.2) is 0 Å². The van der Waals surface area contributed by atoms with Crippen molar-refractivity contribution < 1.29 is 9.90 Å². The largest absolute Gasteiger partial charge is 0.481 e. The molecule has 0 heterocycles. The molecule has 0 aromatic heterocycles. The van der Waals surface area contributed by atoms with Crippen LogP contribution in [0.25, 0.3) is 0 Å². The lowest BCUT2D eigenvalue weighted by Crippen LogP contribution is -2.36. The highest BCUT2D eigenvalue weighted by Gasteiger charge is 2.80. The molecule has 0 aliphatic heterocycles. The lowest BCUT2D eigenvalue weighted by Gasteiger charge is -2.15. The summed E-state index contributed by atoms with van der Waals surface area (Å²) in [5.74, 6) is 0.891. The first-order valence-electron chi connectivity index (χ1n) is 4.68. The smallest absolute Gasteiger partial charge is 0.311 e. The molecule has 0 saturated heterocycles. The Morgan fingerprint density at radius 3 is 2.75 bits per heavy atom. The van der Waals surface area contributed by atoms with E-state index in [4.69, 9.17) is 10.8 Å². The van der Waals surface area contributed by atoms with E-state index in [2.05, 4.69) is 0 Å². The van der Waals surface area contributed by atoms with Gasteiger partial charge in [-0.25, -0.2) is 0 Å². The molecule has 3 rings (SSSR count). The number of carbonyl (C=O) groups is 1. The highest BCUT2D eigenvalue weighted by molar-refractivity contribution is 5.82. The van der Waals surface area contributed by atoms with Crippen molar-refractivity contribution in [1.29, 1.82) is 0 Å². The first kappa shape index (κ1) is 6.89. The third-order valence-electron chi connectivity index (χ3n) is 4.39. The fourth-order valence-corrected chi connectivity index (χ4v) is 3.99. The summed E-state index contributed by atoms with van der Waals surface area (Å²) in [6, 6.07) is -0.0579. The maximum absolute atomic E-state index is 11.1. The Balaban J connectivity index is 2.04. The number of fused-ring (bicyclic) bond motifs is 1. The van der Waals surface area contributed by atoms with Gasteiger partial charge in [0.2, 0.25) is 0 Å². The third-order valence-corrected chi connectivity index (χ3v) is 4.39. The molecule has 0 radical (unpaired) electrons. The highest BCUT2D eigenvalue weighted by atomic mass is 16.4. The molecule has 3 aliphatic carbocycles. The Morgan fingerprint density at radius 2 is 2.25 bits per heavy atom. The van der Waals surface area contributed by atoms with Crippen molar-refractivity contribution in [3.63, 3.8) is 0 Å². The van der Waals surface area contributed by atoms with Crippen LogP contribution in [0.3, 0.4) is 0 Å². The molecule has 66 valence electrons. The van der Waals surface area contributed by atoms with Crippen LogP contribution < -0.4 is 5.73 Å². The van der Waals surface area contributed by atoms with Crippen LogP contribution >= 0.6 is 0 Å². The van der Waals surface area contributed by atoms with Gasteiger partial charge in [0, 0.05) is 6.04 Å². The summed E-state index contributed by atoms with van der Waals surface area (Å²) >= 11 is 0. The van der Waals surface area contributed by atoms with Gasteiger partial charge in [-0.2, -0.15) is 0 Å². The molecule has 3 nitrogen and oxygen atoms in total. The van der Waals surface area contributed by atoms with Crippen molar-refractivity contribution in [2.24, 2.45) is 28.9 Å². The molecule has 0 spiro atoms. The molecule has 3 fully saturated rings. The number of carboxylic acids is 1. The van der Waals surface area contributed by atoms with Crippen LogP contribution in [0.4, 0.5) is 0 Å². The SMILES string of the molecule is N[C@@H]1C[C@H]2CC[C@H]3C2[C@@]13C(=O)O. The first-order chi connectivity index (χ1) is 5.69. The molecule has 3 N–H and O–H groups in total. The van der Waals surface area contributed by atoms with Crippen molar-refractivity contribution in [3.05, 3.63) is 0 Å². The van der Waals surface area contributed by atoms with Gasteiger partial charge in [0.15, 0.2) is 0 Å². The predicted octanol–water partition coefficient (Wildman–Crippen LogP) is 0.444. The van der Waals surface area contributed by atoms with E-state index in [9.17, 15) is 4.79 Å². The number of nitrogens with two attached hydrogens (primary N) is 1. The van der Waals surface area contributed by atoms with E-state index in [-0.39, 0.29) is 6.04 Å². The summed E-state index contributed by atoms with van der Waals surface area (Å²) in [7, 11) is 0. The van der Waals surface area contributed by atoms with Gasteiger partial charge in [0.1, 0.15) is 0 Å². The number of hydrogen-bond acceptors (Lipinski definition) is 2. The molecular weight excluding hydrogens is 154 g/mol. The summed E-state index contributed by atoms with van der Waals surface area (Å²) < 4.78 is 0. The van der Waals surface area contributed by atoms with Gasteiger partial charge >= 0.3 is 5.97 Å². The average molecular weight is 167 g/mol. The highest BCUT2D eigenvalue weighted by Crippen LogP contribution is 2.76. The topological polar surface area (TPSA) is 63.3 Å². The van der Waals surface area contributed by atoms with Gasteiger partial charge < -0.3 is 10.8 Å². The zero-order valence-corrected chi connectivity index (χ0v) is 6.86. The van der Waals surface area contributed by atoms with Crippen molar-refractivity contribution in [1.82, 2.24) is 0 Å². The molecule has 0 amide bonds. The van der Waals surface area contributed by atoms with Crippen LogP contribution in [-0.4, -0.2) is 17.1 Å². The molecule has 12 heavy (non-hydrogen) atoms. The summed E-state index contributed by atoms with van der Waals surface area (Å²) in [6.07, 6.45) is 3.28. The minimum Gasteiger partial charge on any atom is -0.481 e. The van der Waals surface area contributed by atoms with Gasteiger partial charge in [0.25, 0.3) is 0 Å². The average Bonchev–Trinajstić information content (AvgIpc) is 2.43. The van der Waals surface area contributed by atoms with E-state index < -0.39 is 11.4 Å². The lowest BCUT2D eigenvalue weighted by atomic mass is 9.95. The molecule has 5 atom stereocenters. The first-order valence-corrected chi connectivity index (χ1v) is 4.68. The quantitative estimate of drug-likeness (QED) is 0.595. The molecule has 0 bridgehead atoms.